The van der Waals surface area contributed by atoms with E-state index in [1.165, 1.54) is 18.2 Å². The van der Waals surface area contributed by atoms with E-state index in [2.05, 4.69) is 4.52 Å². The number of phosphoric ester groups is 1. The molecule has 0 atom stereocenters. The lowest BCUT2D eigenvalue weighted by Gasteiger charge is -2.11. The smallest absolute Gasteiger partial charge is 0.403 e. The van der Waals surface area contributed by atoms with Gasteiger partial charge in [-0.05, 0) is 18.2 Å². The molecule has 0 saturated heterocycles. The zero-order valence-electron chi connectivity index (χ0n) is 7.60. The summed E-state index contributed by atoms with van der Waals surface area (Å²) in [5.74, 6) is -0.225. The second-order valence-corrected chi connectivity index (χ2v) is 4.90. The Hall–Kier alpha value is -0.220. The summed E-state index contributed by atoms with van der Waals surface area (Å²) in [6.07, 6.45) is 0. The standard InChI is InChI=1S/C8H6Cl3O4P/c9-4-8(15-16(12,13)14)6-2-1-5(10)3-7(6)11/h1-4H,(H2,12,13,14). The van der Waals surface area contributed by atoms with E-state index in [0.29, 0.717) is 5.02 Å². The molecule has 0 fully saturated rings. The van der Waals surface area contributed by atoms with Crippen LogP contribution in [0.4, 0.5) is 0 Å². The third-order valence-corrected chi connectivity index (χ3v) is 2.69. The van der Waals surface area contributed by atoms with Gasteiger partial charge < -0.3 is 4.52 Å². The fraction of sp³-hybridized carbons (Fsp3) is 0. The molecular weight excluding hydrogens is 297 g/mol. The third-order valence-electron chi connectivity index (χ3n) is 1.51. The van der Waals surface area contributed by atoms with E-state index in [1.807, 2.05) is 0 Å². The molecule has 16 heavy (non-hydrogen) atoms. The highest BCUT2D eigenvalue weighted by atomic mass is 35.5. The lowest BCUT2D eigenvalue weighted by Crippen LogP contribution is -1.91. The summed E-state index contributed by atoms with van der Waals surface area (Å²) in [6, 6.07) is 4.34. The van der Waals surface area contributed by atoms with Crippen LogP contribution in [-0.2, 0) is 9.09 Å². The van der Waals surface area contributed by atoms with Gasteiger partial charge in [0, 0.05) is 16.1 Å². The minimum atomic E-state index is -4.68. The fourth-order valence-electron chi connectivity index (χ4n) is 0.945. The van der Waals surface area contributed by atoms with Crippen molar-refractivity contribution in [1.29, 1.82) is 0 Å². The molecule has 2 N–H and O–H groups in total. The van der Waals surface area contributed by atoms with Crippen LogP contribution in [-0.4, -0.2) is 9.79 Å². The van der Waals surface area contributed by atoms with E-state index in [1.54, 1.807) is 0 Å². The van der Waals surface area contributed by atoms with Crippen LogP contribution in [0, 0.1) is 0 Å². The number of halogens is 3. The molecule has 88 valence electrons. The highest BCUT2D eigenvalue weighted by Gasteiger charge is 2.20. The van der Waals surface area contributed by atoms with Crippen molar-refractivity contribution in [3.63, 3.8) is 0 Å². The summed E-state index contributed by atoms with van der Waals surface area (Å²) in [6.45, 7) is 0. The summed E-state index contributed by atoms with van der Waals surface area (Å²) in [5.41, 5.74) is 1.12. The van der Waals surface area contributed by atoms with Gasteiger partial charge in [0.05, 0.1) is 5.02 Å². The summed E-state index contributed by atoms with van der Waals surface area (Å²) < 4.78 is 15.0. The molecule has 8 heteroatoms. The number of rotatable bonds is 3. The molecule has 0 unspecified atom stereocenters. The Morgan fingerprint density at radius 1 is 1.38 bits per heavy atom. The average Bonchev–Trinajstić information content (AvgIpc) is 2.13. The second kappa shape index (κ2) is 5.41. The molecule has 0 aliphatic heterocycles. The molecular formula is C8H6Cl3O4P. The van der Waals surface area contributed by atoms with Gasteiger partial charge in [0.2, 0.25) is 0 Å². The molecule has 1 aromatic carbocycles. The molecule has 0 aliphatic rings. The van der Waals surface area contributed by atoms with Crippen LogP contribution in [0.2, 0.25) is 10.0 Å². The molecule has 0 spiro atoms. The van der Waals surface area contributed by atoms with Crippen molar-refractivity contribution in [3.8, 4) is 0 Å². The van der Waals surface area contributed by atoms with Gasteiger partial charge in [-0.25, -0.2) is 4.57 Å². The van der Waals surface area contributed by atoms with E-state index >= 15 is 0 Å². The second-order valence-electron chi connectivity index (χ2n) is 2.68. The molecule has 0 bridgehead atoms. The van der Waals surface area contributed by atoms with E-state index in [0.717, 1.165) is 5.54 Å². The third kappa shape index (κ3) is 3.98. The predicted octanol–water partition coefficient (Wildman–Crippen LogP) is 3.64. The maximum atomic E-state index is 10.7. The summed E-state index contributed by atoms with van der Waals surface area (Å²) in [7, 11) is -4.68. The van der Waals surface area contributed by atoms with Gasteiger partial charge in [0.15, 0.2) is 5.76 Å². The van der Waals surface area contributed by atoms with Gasteiger partial charge in [-0.15, -0.1) is 0 Å². The number of benzene rings is 1. The lowest BCUT2D eigenvalue weighted by molar-refractivity contribution is 0.269. The molecule has 4 nitrogen and oxygen atoms in total. The number of hydrogen-bond donors (Lipinski definition) is 2. The van der Waals surface area contributed by atoms with E-state index < -0.39 is 7.82 Å². The number of hydrogen-bond acceptors (Lipinski definition) is 2. The maximum Gasteiger partial charge on any atom is 0.524 e. The van der Waals surface area contributed by atoms with Crippen LogP contribution in [0.25, 0.3) is 5.76 Å². The monoisotopic (exact) mass is 302 g/mol. The first-order chi connectivity index (χ1) is 7.33. The van der Waals surface area contributed by atoms with Crippen LogP contribution in [0.5, 0.6) is 0 Å². The normalized spacial score (nSPS) is 12.7. The first kappa shape index (κ1) is 13.8. The first-order valence-corrected chi connectivity index (χ1v) is 6.56. The molecule has 1 aromatic rings. The fourth-order valence-corrected chi connectivity index (χ4v) is 2.08. The van der Waals surface area contributed by atoms with E-state index in [-0.39, 0.29) is 16.3 Å². The molecule has 0 amide bonds. The maximum absolute atomic E-state index is 10.7. The molecule has 0 radical (unpaired) electrons. The van der Waals surface area contributed by atoms with Crippen LogP contribution in [0.1, 0.15) is 5.56 Å². The molecule has 1 rings (SSSR count). The van der Waals surface area contributed by atoms with Crippen molar-refractivity contribution < 1.29 is 18.9 Å². The van der Waals surface area contributed by atoms with Crippen molar-refractivity contribution in [2.45, 2.75) is 0 Å². The molecule has 0 aromatic heterocycles. The van der Waals surface area contributed by atoms with Gasteiger partial charge in [-0.3, -0.25) is 9.79 Å². The van der Waals surface area contributed by atoms with Crippen molar-refractivity contribution in [1.82, 2.24) is 0 Å². The van der Waals surface area contributed by atoms with E-state index in [4.69, 9.17) is 44.6 Å². The Morgan fingerprint density at radius 3 is 2.44 bits per heavy atom. The van der Waals surface area contributed by atoms with Crippen LogP contribution in [0.15, 0.2) is 23.7 Å². The number of phosphoric acid groups is 1. The Bertz CT molecular complexity index is 468. The zero-order valence-corrected chi connectivity index (χ0v) is 10.8. The molecule has 0 aliphatic carbocycles. The summed E-state index contributed by atoms with van der Waals surface area (Å²) in [5, 5.41) is 0.562. The summed E-state index contributed by atoms with van der Waals surface area (Å²) in [4.78, 5) is 17.3. The van der Waals surface area contributed by atoms with Crippen molar-refractivity contribution >= 4 is 48.4 Å². The Kier molecular flexibility index (Phi) is 4.68. The van der Waals surface area contributed by atoms with Crippen molar-refractivity contribution in [2.24, 2.45) is 0 Å². The van der Waals surface area contributed by atoms with Crippen LogP contribution >= 0.6 is 42.6 Å². The van der Waals surface area contributed by atoms with Crippen LogP contribution < -0.4 is 0 Å². The SMILES string of the molecule is O=P(O)(O)OC(=CCl)c1ccc(Cl)cc1Cl. The quantitative estimate of drug-likeness (QED) is 0.661. The zero-order chi connectivity index (χ0) is 12.3. The van der Waals surface area contributed by atoms with Crippen molar-refractivity contribution in [2.75, 3.05) is 0 Å². The van der Waals surface area contributed by atoms with Crippen LogP contribution in [0.3, 0.4) is 0 Å². The molecule has 0 heterocycles. The molecule has 0 saturated carbocycles. The predicted molar refractivity (Wildman–Crippen MR) is 63.4 cm³/mol. The average molecular weight is 303 g/mol. The highest BCUT2D eigenvalue weighted by molar-refractivity contribution is 7.46. The highest BCUT2D eigenvalue weighted by Crippen LogP contribution is 2.43. The van der Waals surface area contributed by atoms with Gasteiger partial charge >= 0.3 is 7.82 Å². The van der Waals surface area contributed by atoms with E-state index in [9.17, 15) is 4.57 Å². The van der Waals surface area contributed by atoms with Crippen molar-refractivity contribution in [3.05, 3.63) is 39.3 Å². The first-order valence-electron chi connectivity index (χ1n) is 3.84. The minimum absolute atomic E-state index is 0.174. The topological polar surface area (TPSA) is 66.8 Å². The Morgan fingerprint density at radius 2 is 2.00 bits per heavy atom. The summed E-state index contributed by atoms with van der Waals surface area (Å²) >= 11 is 16.9. The van der Waals surface area contributed by atoms with Gasteiger partial charge in [-0.1, -0.05) is 34.8 Å². The van der Waals surface area contributed by atoms with Gasteiger partial charge in [0.1, 0.15) is 0 Å². The minimum Gasteiger partial charge on any atom is -0.403 e. The largest absolute Gasteiger partial charge is 0.524 e. The van der Waals surface area contributed by atoms with Gasteiger partial charge in [0.25, 0.3) is 0 Å². The van der Waals surface area contributed by atoms with Gasteiger partial charge in [-0.2, -0.15) is 0 Å². The lowest BCUT2D eigenvalue weighted by atomic mass is 10.2. The Labute approximate surface area is 107 Å². The Balaban J connectivity index is 3.11.